The summed E-state index contributed by atoms with van der Waals surface area (Å²) in [5.74, 6) is -3.31. The summed E-state index contributed by atoms with van der Waals surface area (Å²) < 4.78 is 55.3. The fraction of sp³-hybridized carbons (Fsp3) is 0.250. The monoisotopic (exact) mass is 499 g/mol. The third-order valence-corrected chi connectivity index (χ3v) is 7.53. The normalized spacial score (nSPS) is 17.2. The van der Waals surface area contributed by atoms with E-state index in [1.165, 1.54) is 15.2 Å². The predicted octanol–water partition coefficient (Wildman–Crippen LogP) is 3.10. The summed E-state index contributed by atoms with van der Waals surface area (Å²) in [5.41, 5.74) is 2.32. The summed E-state index contributed by atoms with van der Waals surface area (Å²) in [6.07, 6.45) is 1.89. The van der Waals surface area contributed by atoms with Crippen LogP contribution in [0.4, 0.5) is 14.5 Å². The van der Waals surface area contributed by atoms with Crippen molar-refractivity contribution < 1.29 is 22.3 Å². The van der Waals surface area contributed by atoms with Crippen molar-refractivity contribution in [1.82, 2.24) is 19.3 Å². The maximum absolute atomic E-state index is 14.5. The lowest BCUT2D eigenvalue weighted by atomic mass is 10.0. The van der Waals surface area contributed by atoms with Crippen molar-refractivity contribution in [3.05, 3.63) is 77.9 Å². The fourth-order valence-corrected chi connectivity index (χ4v) is 5.35. The van der Waals surface area contributed by atoms with Gasteiger partial charge >= 0.3 is 0 Å². The third-order valence-electron chi connectivity index (χ3n) is 6.26. The molecule has 0 bridgehead atoms. The quantitative estimate of drug-likeness (QED) is 0.454. The predicted molar refractivity (Wildman–Crippen MR) is 128 cm³/mol. The van der Waals surface area contributed by atoms with Gasteiger partial charge in [0, 0.05) is 37.4 Å². The number of aromatic hydroxyl groups is 1. The van der Waals surface area contributed by atoms with Crippen LogP contribution < -0.4 is 4.90 Å². The van der Waals surface area contributed by atoms with E-state index in [0.29, 0.717) is 31.7 Å². The highest BCUT2D eigenvalue weighted by atomic mass is 32.2. The molecule has 8 nitrogen and oxygen atoms in total. The van der Waals surface area contributed by atoms with Crippen LogP contribution in [0.3, 0.4) is 0 Å². The highest BCUT2D eigenvalue weighted by Crippen LogP contribution is 2.30. The van der Waals surface area contributed by atoms with E-state index in [9.17, 15) is 22.3 Å². The van der Waals surface area contributed by atoms with Crippen LogP contribution in [0, 0.1) is 11.6 Å². The van der Waals surface area contributed by atoms with Gasteiger partial charge < -0.3 is 10.0 Å². The summed E-state index contributed by atoms with van der Waals surface area (Å²) in [7, 11) is -3.32. The van der Waals surface area contributed by atoms with E-state index in [0.717, 1.165) is 17.3 Å². The summed E-state index contributed by atoms with van der Waals surface area (Å²) in [6.45, 7) is 1.24. The zero-order chi connectivity index (χ0) is 24.7. The number of aromatic nitrogens is 3. The molecule has 182 valence electrons. The minimum absolute atomic E-state index is 0.0123. The second-order valence-electron chi connectivity index (χ2n) is 8.56. The first-order valence-corrected chi connectivity index (χ1v) is 12.9. The average molecular weight is 500 g/mol. The summed E-state index contributed by atoms with van der Waals surface area (Å²) >= 11 is 0. The number of halogens is 2. The summed E-state index contributed by atoms with van der Waals surface area (Å²) in [6, 6.07) is 17.9. The second kappa shape index (κ2) is 8.90. The van der Waals surface area contributed by atoms with Crippen LogP contribution in [0.5, 0.6) is 5.75 Å². The molecule has 5 rings (SSSR count). The number of hydrogen-bond donors (Lipinski definition) is 1. The van der Waals surface area contributed by atoms with Crippen LogP contribution in [-0.4, -0.2) is 64.8 Å². The smallest absolute Gasteiger partial charge is 0.211 e. The number of phenols is 1. The number of benzene rings is 3. The molecule has 4 aromatic rings. The van der Waals surface area contributed by atoms with Gasteiger partial charge in [-0.05, 0) is 36.2 Å². The molecule has 1 aliphatic heterocycles. The van der Waals surface area contributed by atoms with Gasteiger partial charge in [0.2, 0.25) is 10.0 Å². The number of phenolic OH excluding ortho intramolecular Hbond substituents is 1. The Bertz CT molecular complexity index is 1480. The van der Waals surface area contributed by atoms with Gasteiger partial charge in [-0.1, -0.05) is 35.5 Å². The molecule has 0 amide bonds. The van der Waals surface area contributed by atoms with Crippen molar-refractivity contribution in [3.8, 4) is 11.4 Å². The zero-order valence-electron chi connectivity index (χ0n) is 18.8. The van der Waals surface area contributed by atoms with Crippen molar-refractivity contribution >= 4 is 26.7 Å². The highest BCUT2D eigenvalue weighted by molar-refractivity contribution is 7.88. The van der Waals surface area contributed by atoms with Crippen molar-refractivity contribution in [2.45, 2.75) is 12.5 Å². The van der Waals surface area contributed by atoms with Gasteiger partial charge in [0.15, 0.2) is 17.4 Å². The van der Waals surface area contributed by atoms with E-state index in [1.807, 2.05) is 42.5 Å². The first-order chi connectivity index (χ1) is 16.7. The molecule has 0 saturated carbocycles. The Labute approximate surface area is 201 Å². The largest absolute Gasteiger partial charge is 0.503 e. The lowest BCUT2D eigenvalue weighted by Gasteiger charge is -2.42. The molecule has 3 aromatic carbocycles. The minimum Gasteiger partial charge on any atom is -0.503 e. The summed E-state index contributed by atoms with van der Waals surface area (Å²) in [5, 5.41) is 17.4. The van der Waals surface area contributed by atoms with E-state index in [-0.39, 0.29) is 17.1 Å². The molecule has 2 heterocycles. The number of hydrogen-bond acceptors (Lipinski definition) is 6. The number of anilines is 1. The van der Waals surface area contributed by atoms with Crippen LogP contribution in [0.2, 0.25) is 0 Å². The molecular weight excluding hydrogens is 476 g/mol. The van der Waals surface area contributed by atoms with E-state index < -0.39 is 27.4 Å². The SMILES string of the molecule is CS(=O)(=O)N1CCN(c2ccc(-n3nnc4cc(F)c(O)c(F)c43)cc2)[C@@H](Cc2ccccc2)C1. The molecule has 0 radical (unpaired) electrons. The molecule has 0 aliphatic carbocycles. The molecule has 1 aromatic heterocycles. The molecular formula is C24H23F2N5O3S. The molecule has 35 heavy (non-hydrogen) atoms. The Kier molecular flexibility index (Phi) is 5.89. The van der Waals surface area contributed by atoms with Crippen molar-refractivity contribution in [3.63, 3.8) is 0 Å². The van der Waals surface area contributed by atoms with Gasteiger partial charge in [-0.3, -0.25) is 0 Å². The topological polar surface area (TPSA) is 91.6 Å². The second-order valence-corrected chi connectivity index (χ2v) is 10.5. The molecule has 1 N–H and O–H groups in total. The number of rotatable bonds is 5. The molecule has 1 aliphatic rings. The van der Waals surface area contributed by atoms with Crippen LogP contribution in [0.1, 0.15) is 5.56 Å². The third kappa shape index (κ3) is 4.44. The Balaban J connectivity index is 1.46. The minimum atomic E-state index is -3.32. The first kappa shape index (κ1) is 23.2. The van der Waals surface area contributed by atoms with E-state index >= 15 is 0 Å². The Morgan fingerprint density at radius 1 is 1.03 bits per heavy atom. The Morgan fingerprint density at radius 2 is 1.71 bits per heavy atom. The van der Waals surface area contributed by atoms with Gasteiger partial charge in [-0.15, -0.1) is 5.10 Å². The number of piperazine rings is 1. The number of nitrogens with zero attached hydrogens (tertiary/aromatic N) is 5. The van der Waals surface area contributed by atoms with Crippen LogP contribution in [0.15, 0.2) is 60.7 Å². The maximum Gasteiger partial charge on any atom is 0.211 e. The Hall–Kier alpha value is -3.57. The zero-order valence-corrected chi connectivity index (χ0v) is 19.7. The molecule has 0 spiro atoms. The van der Waals surface area contributed by atoms with E-state index in [2.05, 4.69) is 15.2 Å². The number of fused-ring (bicyclic) bond motifs is 1. The van der Waals surface area contributed by atoms with E-state index in [4.69, 9.17) is 0 Å². The lowest BCUT2D eigenvalue weighted by molar-refractivity contribution is 0.332. The van der Waals surface area contributed by atoms with Crippen LogP contribution >= 0.6 is 0 Å². The van der Waals surface area contributed by atoms with E-state index in [1.54, 1.807) is 12.1 Å². The standard InChI is InChI=1S/C24H23F2N5O3S/c1-35(33,34)29-11-12-30(19(15-29)13-16-5-3-2-4-6-16)17-7-9-18(10-8-17)31-23-21(27-28-31)14-20(25)24(32)22(23)26/h2-10,14,19,32H,11-13,15H2,1H3/t19-/m0/s1. The summed E-state index contributed by atoms with van der Waals surface area (Å²) in [4.78, 5) is 2.17. The van der Waals surface area contributed by atoms with Gasteiger partial charge in [0.1, 0.15) is 11.0 Å². The Morgan fingerprint density at radius 3 is 2.40 bits per heavy atom. The molecule has 1 saturated heterocycles. The highest BCUT2D eigenvalue weighted by Gasteiger charge is 2.31. The lowest BCUT2D eigenvalue weighted by Crippen LogP contribution is -2.55. The van der Waals surface area contributed by atoms with Crippen molar-refractivity contribution in [1.29, 1.82) is 0 Å². The van der Waals surface area contributed by atoms with Gasteiger partial charge in [-0.25, -0.2) is 21.9 Å². The fourth-order valence-electron chi connectivity index (χ4n) is 4.50. The average Bonchev–Trinajstić information content (AvgIpc) is 3.26. The van der Waals surface area contributed by atoms with Crippen LogP contribution in [-0.2, 0) is 16.4 Å². The molecule has 11 heteroatoms. The molecule has 0 unspecified atom stereocenters. The van der Waals surface area contributed by atoms with Gasteiger partial charge in [0.05, 0.1) is 11.9 Å². The first-order valence-electron chi connectivity index (χ1n) is 11.0. The van der Waals surface area contributed by atoms with Crippen molar-refractivity contribution in [2.75, 3.05) is 30.8 Å². The molecule has 1 fully saturated rings. The van der Waals surface area contributed by atoms with Gasteiger partial charge in [-0.2, -0.15) is 4.31 Å². The molecule has 1 atom stereocenters. The van der Waals surface area contributed by atoms with Gasteiger partial charge in [0.25, 0.3) is 0 Å². The number of sulfonamides is 1. The maximum atomic E-state index is 14.5. The van der Waals surface area contributed by atoms with Crippen LogP contribution in [0.25, 0.3) is 16.7 Å². The van der Waals surface area contributed by atoms with Crippen molar-refractivity contribution in [2.24, 2.45) is 0 Å².